The minimum atomic E-state index is 0.00157. The summed E-state index contributed by atoms with van der Waals surface area (Å²) in [6.07, 6.45) is 10.9. The zero-order chi connectivity index (χ0) is 11.1. The van der Waals surface area contributed by atoms with E-state index in [1.807, 2.05) is 4.90 Å². The molecule has 3 nitrogen and oxygen atoms in total. The summed E-state index contributed by atoms with van der Waals surface area (Å²) in [5.41, 5.74) is 0. The lowest BCUT2D eigenvalue weighted by molar-refractivity contribution is 0.175. The number of carbonyl (C=O) groups is 1. The summed E-state index contributed by atoms with van der Waals surface area (Å²) in [5.74, 6) is 2.43. The molecule has 0 aromatic carbocycles. The van der Waals surface area contributed by atoms with E-state index in [1.165, 1.54) is 12.8 Å². The van der Waals surface area contributed by atoms with Crippen molar-refractivity contribution in [1.29, 1.82) is 0 Å². The minimum absolute atomic E-state index is 0.00157. The molecular weight excluding hydrogens is 188 g/mol. The summed E-state index contributed by atoms with van der Waals surface area (Å²) in [4.78, 5) is 13.7. The lowest BCUT2D eigenvalue weighted by atomic mass is 10.1. The highest BCUT2D eigenvalue weighted by atomic mass is 16.2. The average molecular weight is 208 g/mol. The van der Waals surface area contributed by atoms with Crippen LogP contribution in [0.25, 0.3) is 0 Å². The van der Waals surface area contributed by atoms with Crippen molar-refractivity contribution in [1.82, 2.24) is 10.2 Å². The van der Waals surface area contributed by atoms with Gasteiger partial charge < -0.3 is 10.2 Å². The second kappa shape index (κ2) is 6.34. The molecule has 0 spiro atoms. The molecule has 0 aromatic rings. The number of hydrogen-bond acceptors (Lipinski definition) is 1. The fourth-order valence-electron chi connectivity index (χ4n) is 2.10. The van der Waals surface area contributed by atoms with E-state index >= 15 is 0 Å². The first kappa shape index (κ1) is 11.9. The molecule has 3 heteroatoms. The van der Waals surface area contributed by atoms with Crippen molar-refractivity contribution in [2.24, 2.45) is 0 Å². The molecule has 1 aliphatic heterocycles. The van der Waals surface area contributed by atoms with Gasteiger partial charge in [-0.05, 0) is 19.3 Å². The van der Waals surface area contributed by atoms with E-state index in [0.717, 1.165) is 25.8 Å². The van der Waals surface area contributed by atoms with E-state index in [2.05, 4.69) is 18.2 Å². The van der Waals surface area contributed by atoms with Gasteiger partial charge in [-0.2, -0.15) is 0 Å². The molecule has 1 atom stereocenters. The normalized spacial score (nSPS) is 21.6. The molecular formula is C12H20N2O. The fourth-order valence-corrected chi connectivity index (χ4v) is 2.10. The summed E-state index contributed by atoms with van der Waals surface area (Å²) >= 11 is 0. The standard InChI is InChI=1S/C12H20N2O/c1-3-9-13-12(15)14-10-7-5-6-8-11(14)4-2/h1,11H,4-10H2,2H3,(H,13,15). The van der Waals surface area contributed by atoms with Gasteiger partial charge in [0.25, 0.3) is 0 Å². The molecule has 1 N–H and O–H groups in total. The number of urea groups is 1. The van der Waals surface area contributed by atoms with E-state index in [4.69, 9.17) is 6.42 Å². The highest BCUT2D eigenvalue weighted by Gasteiger charge is 2.23. The maximum Gasteiger partial charge on any atom is 0.318 e. The van der Waals surface area contributed by atoms with Crippen LogP contribution in [0.2, 0.25) is 0 Å². The summed E-state index contributed by atoms with van der Waals surface area (Å²) in [6, 6.07) is 0.395. The summed E-state index contributed by atoms with van der Waals surface area (Å²) < 4.78 is 0. The van der Waals surface area contributed by atoms with Crippen LogP contribution in [0.4, 0.5) is 4.79 Å². The molecule has 0 aromatic heterocycles. The summed E-state index contributed by atoms with van der Waals surface area (Å²) in [6.45, 7) is 3.33. The second-order valence-electron chi connectivity index (χ2n) is 3.97. The van der Waals surface area contributed by atoms with Crippen LogP contribution in [0.5, 0.6) is 0 Å². The largest absolute Gasteiger partial charge is 0.327 e. The third kappa shape index (κ3) is 3.47. The van der Waals surface area contributed by atoms with Crippen LogP contribution in [-0.4, -0.2) is 30.1 Å². The predicted molar refractivity (Wildman–Crippen MR) is 61.5 cm³/mol. The molecule has 1 saturated heterocycles. The smallest absolute Gasteiger partial charge is 0.318 e. The molecule has 15 heavy (non-hydrogen) atoms. The van der Waals surface area contributed by atoms with Crippen LogP contribution < -0.4 is 5.32 Å². The van der Waals surface area contributed by atoms with Crippen molar-refractivity contribution < 1.29 is 4.79 Å². The van der Waals surface area contributed by atoms with Crippen molar-refractivity contribution in [3.63, 3.8) is 0 Å². The van der Waals surface area contributed by atoms with Gasteiger partial charge in [0.05, 0.1) is 6.54 Å². The Labute approximate surface area is 92.2 Å². The Morgan fingerprint density at radius 3 is 3.00 bits per heavy atom. The zero-order valence-corrected chi connectivity index (χ0v) is 9.46. The van der Waals surface area contributed by atoms with Gasteiger partial charge >= 0.3 is 6.03 Å². The van der Waals surface area contributed by atoms with E-state index in [0.29, 0.717) is 12.6 Å². The molecule has 1 unspecified atom stereocenters. The third-order valence-corrected chi connectivity index (χ3v) is 2.95. The van der Waals surface area contributed by atoms with Gasteiger partial charge in [0.15, 0.2) is 0 Å². The molecule has 84 valence electrons. The Morgan fingerprint density at radius 2 is 2.33 bits per heavy atom. The van der Waals surface area contributed by atoms with Crippen LogP contribution in [0.15, 0.2) is 0 Å². The van der Waals surface area contributed by atoms with Crippen LogP contribution >= 0.6 is 0 Å². The maximum atomic E-state index is 11.8. The fraction of sp³-hybridized carbons (Fsp3) is 0.750. The first-order valence-electron chi connectivity index (χ1n) is 5.77. The highest BCUT2D eigenvalue weighted by molar-refractivity contribution is 5.74. The number of nitrogens with one attached hydrogen (secondary N) is 1. The zero-order valence-electron chi connectivity index (χ0n) is 9.46. The Bertz CT molecular complexity index is 244. The average Bonchev–Trinajstić information content (AvgIpc) is 2.50. The van der Waals surface area contributed by atoms with Crippen molar-refractivity contribution in [2.45, 2.75) is 45.1 Å². The number of carbonyl (C=O) groups excluding carboxylic acids is 1. The van der Waals surface area contributed by atoms with Crippen LogP contribution in [0, 0.1) is 12.3 Å². The molecule has 0 bridgehead atoms. The number of likely N-dealkylation sites (tertiary alicyclic amines) is 1. The molecule has 1 fully saturated rings. The number of terminal acetylenes is 1. The monoisotopic (exact) mass is 208 g/mol. The Morgan fingerprint density at radius 1 is 1.53 bits per heavy atom. The van der Waals surface area contributed by atoms with Gasteiger partial charge in [0.2, 0.25) is 0 Å². The summed E-state index contributed by atoms with van der Waals surface area (Å²) in [7, 11) is 0. The molecule has 0 saturated carbocycles. The summed E-state index contributed by atoms with van der Waals surface area (Å²) in [5, 5.41) is 2.74. The van der Waals surface area contributed by atoms with Gasteiger partial charge in [0, 0.05) is 12.6 Å². The van der Waals surface area contributed by atoms with Gasteiger partial charge in [-0.15, -0.1) is 6.42 Å². The van der Waals surface area contributed by atoms with Crippen molar-refractivity contribution in [3.8, 4) is 12.3 Å². The van der Waals surface area contributed by atoms with Crippen molar-refractivity contribution >= 4 is 6.03 Å². The van der Waals surface area contributed by atoms with Crippen LogP contribution in [0.1, 0.15) is 39.0 Å². The topological polar surface area (TPSA) is 32.3 Å². The lowest BCUT2D eigenvalue weighted by Crippen LogP contribution is -2.45. The van der Waals surface area contributed by atoms with Gasteiger partial charge in [-0.3, -0.25) is 0 Å². The lowest BCUT2D eigenvalue weighted by Gasteiger charge is -2.29. The molecule has 0 radical (unpaired) electrons. The number of nitrogens with zero attached hydrogens (tertiary/aromatic N) is 1. The predicted octanol–water partition coefficient (Wildman–Crippen LogP) is 1.98. The second-order valence-corrected chi connectivity index (χ2v) is 3.97. The van der Waals surface area contributed by atoms with E-state index in [9.17, 15) is 4.79 Å². The highest BCUT2D eigenvalue weighted by Crippen LogP contribution is 2.18. The van der Waals surface area contributed by atoms with Gasteiger partial charge in [-0.1, -0.05) is 25.7 Å². The first-order chi connectivity index (χ1) is 7.29. The van der Waals surface area contributed by atoms with Gasteiger partial charge in [-0.25, -0.2) is 4.79 Å². The Kier molecular flexibility index (Phi) is 5.03. The van der Waals surface area contributed by atoms with Crippen LogP contribution in [0.3, 0.4) is 0 Å². The first-order valence-corrected chi connectivity index (χ1v) is 5.77. The molecule has 0 aliphatic carbocycles. The molecule has 2 amide bonds. The number of hydrogen-bond donors (Lipinski definition) is 1. The number of rotatable bonds is 2. The maximum absolute atomic E-state index is 11.8. The van der Waals surface area contributed by atoms with E-state index < -0.39 is 0 Å². The number of amides is 2. The molecule has 1 rings (SSSR count). The quantitative estimate of drug-likeness (QED) is 0.691. The molecule has 1 heterocycles. The van der Waals surface area contributed by atoms with Crippen molar-refractivity contribution in [3.05, 3.63) is 0 Å². The molecule has 1 aliphatic rings. The van der Waals surface area contributed by atoms with E-state index in [-0.39, 0.29) is 6.03 Å². The Balaban J connectivity index is 2.54. The third-order valence-electron chi connectivity index (χ3n) is 2.95. The van der Waals surface area contributed by atoms with Gasteiger partial charge in [0.1, 0.15) is 0 Å². The minimum Gasteiger partial charge on any atom is -0.327 e. The van der Waals surface area contributed by atoms with E-state index in [1.54, 1.807) is 0 Å². The Hall–Kier alpha value is -1.17. The van der Waals surface area contributed by atoms with Crippen LogP contribution in [-0.2, 0) is 0 Å². The van der Waals surface area contributed by atoms with Crippen molar-refractivity contribution in [2.75, 3.05) is 13.1 Å². The SMILES string of the molecule is C#CCNC(=O)N1CCCCCC1CC.